The van der Waals surface area contributed by atoms with Gasteiger partial charge in [-0.3, -0.25) is 19.9 Å². The van der Waals surface area contributed by atoms with Crippen molar-refractivity contribution in [1.29, 1.82) is 0 Å². The van der Waals surface area contributed by atoms with Crippen LogP contribution in [0.1, 0.15) is 50.0 Å². The standard InChI is InChI=1S/C26H34N4O4S/c1-18-10-12-26(13-11-18)24(32)30(25(33)27-26)28-23(31)17-29(19(2)15-22-5-4-14-35-22)16-20-6-8-21(34-3)9-7-20/h4-9,14,18-19H,10-13,15-17H2,1-3H3,(H,27,33)(H,28,31). The molecule has 0 radical (unpaired) electrons. The molecule has 1 spiro atoms. The normalized spacial score (nSPS) is 23.0. The molecule has 2 fully saturated rings. The second-order valence-corrected chi connectivity index (χ2v) is 10.8. The highest BCUT2D eigenvalue weighted by Gasteiger charge is 2.52. The topological polar surface area (TPSA) is 91.0 Å². The van der Waals surface area contributed by atoms with E-state index < -0.39 is 11.6 Å². The van der Waals surface area contributed by atoms with Crippen molar-refractivity contribution in [1.82, 2.24) is 20.7 Å². The number of hydrogen-bond acceptors (Lipinski definition) is 6. The summed E-state index contributed by atoms with van der Waals surface area (Å²) in [6.07, 6.45) is 3.76. The summed E-state index contributed by atoms with van der Waals surface area (Å²) in [5.41, 5.74) is 2.74. The predicted molar refractivity (Wildman–Crippen MR) is 135 cm³/mol. The summed E-state index contributed by atoms with van der Waals surface area (Å²) < 4.78 is 5.25. The molecule has 2 aliphatic rings. The highest BCUT2D eigenvalue weighted by molar-refractivity contribution is 7.09. The van der Waals surface area contributed by atoms with E-state index in [4.69, 9.17) is 4.74 Å². The molecule has 4 amide bonds. The van der Waals surface area contributed by atoms with Crippen LogP contribution < -0.4 is 15.5 Å². The number of thiophene rings is 1. The van der Waals surface area contributed by atoms with Gasteiger partial charge in [-0.2, -0.15) is 5.01 Å². The van der Waals surface area contributed by atoms with Crippen LogP contribution in [-0.2, 0) is 22.6 Å². The Morgan fingerprint density at radius 3 is 2.60 bits per heavy atom. The van der Waals surface area contributed by atoms with Crippen LogP contribution in [0.5, 0.6) is 5.75 Å². The zero-order valence-corrected chi connectivity index (χ0v) is 21.4. The monoisotopic (exact) mass is 498 g/mol. The average molecular weight is 499 g/mol. The Morgan fingerprint density at radius 2 is 1.97 bits per heavy atom. The van der Waals surface area contributed by atoms with Gasteiger partial charge in [0.05, 0.1) is 13.7 Å². The van der Waals surface area contributed by atoms with Gasteiger partial charge < -0.3 is 10.1 Å². The lowest BCUT2D eigenvalue weighted by Gasteiger charge is -2.33. The van der Waals surface area contributed by atoms with E-state index in [1.807, 2.05) is 35.7 Å². The molecular formula is C26H34N4O4S. The van der Waals surface area contributed by atoms with E-state index in [1.54, 1.807) is 18.4 Å². The van der Waals surface area contributed by atoms with Crippen molar-refractivity contribution in [3.8, 4) is 5.75 Å². The van der Waals surface area contributed by atoms with Gasteiger partial charge in [0.2, 0.25) is 0 Å². The third kappa shape index (κ3) is 5.85. The molecule has 4 rings (SSSR count). The minimum atomic E-state index is -0.883. The molecule has 2 aromatic rings. The third-order valence-corrected chi connectivity index (χ3v) is 8.02. The van der Waals surface area contributed by atoms with E-state index in [1.165, 1.54) is 4.88 Å². The number of nitrogens with zero attached hydrogens (tertiary/aromatic N) is 2. The minimum absolute atomic E-state index is 0.0552. The van der Waals surface area contributed by atoms with Gasteiger partial charge in [-0.05, 0) is 74.1 Å². The molecule has 9 heteroatoms. The van der Waals surface area contributed by atoms with E-state index in [9.17, 15) is 14.4 Å². The number of nitrogens with one attached hydrogen (secondary N) is 2. The van der Waals surface area contributed by atoms with E-state index in [0.29, 0.717) is 25.3 Å². The van der Waals surface area contributed by atoms with E-state index >= 15 is 0 Å². The second-order valence-electron chi connectivity index (χ2n) is 9.76. The molecule has 1 aromatic heterocycles. The van der Waals surface area contributed by atoms with Crippen LogP contribution in [0.2, 0.25) is 0 Å². The number of hydrazine groups is 1. The molecule has 2 N–H and O–H groups in total. The first-order valence-corrected chi connectivity index (χ1v) is 13.0. The highest BCUT2D eigenvalue weighted by atomic mass is 32.1. The van der Waals surface area contributed by atoms with Crippen molar-refractivity contribution < 1.29 is 19.1 Å². The van der Waals surface area contributed by atoms with Gasteiger partial charge in [0.25, 0.3) is 11.8 Å². The summed E-state index contributed by atoms with van der Waals surface area (Å²) in [5.74, 6) is 0.567. The number of carbonyl (C=O) groups is 3. The maximum Gasteiger partial charge on any atom is 0.344 e. The number of methoxy groups -OCH3 is 1. The molecule has 8 nitrogen and oxygen atoms in total. The lowest BCUT2D eigenvalue weighted by atomic mass is 9.77. The van der Waals surface area contributed by atoms with Gasteiger partial charge in [0.1, 0.15) is 11.3 Å². The van der Waals surface area contributed by atoms with E-state index in [0.717, 1.165) is 35.6 Å². The fourth-order valence-corrected chi connectivity index (χ4v) is 5.67. The van der Waals surface area contributed by atoms with Gasteiger partial charge in [0, 0.05) is 17.5 Å². The number of hydrogen-bond donors (Lipinski definition) is 2. The molecule has 1 aromatic carbocycles. The molecule has 188 valence electrons. The fraction of sp³-hybridized carbons (Fsp3) is 0.500. The van der Waals surface area contributed by atoms with Crippen LogP contribution in [0.25, 0.3) is 0 Å². The van der Waals surface area contributed by atoms with Crippen LogP contribution in [0.3, 0.4) is 0 Å². The van der Waals surface area contributed by atoms with Gasteiger partial charge in [-0.25, -0.2) is 4.79 Å². The predicted octanol–water partition coefficient (Wildman–Crippen LogP) is 3.72. The Kier molecular flexibility index (Phi) is 7.76. The lowest BCUT2D eigenvalue weighted by Crippen LogP contribution is -2.53. The largest absolute Gasteiger partial charge is 0.497 e. The van der Waals surface area contributed by atoms with Crippen LogP contribution in [-0.4, -0.2) is 53.0 Å². The zero-order chi connectivity index (χ0) is 25.0. The van der Waals surface area contributed by atoms with Crippen molar-refractivity contribution in [3.05, 3.63) is 52.2 Å². The molecule has 1 aliphatic carbocycles. The number of carbonyl (C=O) groups excluding carboxylic acids is 3. The minimum Gasteiger partial charge on any atom is -0.497 e. The van der Waals surface area contributed by atoms with E-state index in [2.05, 4.69) is 35.6 Å². The number of ether oxygens (including phenoxy) is 1. The van der Waals surface area contributed by atoms with Crippen LogP contribution in [0, 0.1) is 5.92 Å². The maximum atomic E-state index is 13.1. The second kappa shape index (κ2) is 10.8. The van der Waals surface area contributed by atoms with Crippen LogP contribution >= 0.6 is 11.3 Å². The van der Waals surface area contributed by atoms with Crippen molar-refractivity contribution in [2.45, 2.75) is 64.1 Å². The summed E-state index contributed by atoms with van der Waals surface area (Å²) in [6.45, 7) is 4.84. The summed E-state index contributed by atoms with van der Waals surface area (Å²) in [6, 6.07) is 11.4. The molecular weight excluding hydrogens is 464 g/mol. The number of urea groups is 1. The Balaban J connectivity index is 1.43. The molecule has 1 saturated carbocycles. The average Bonchev–Trinajstić information content (AvgIpc) is 3.43. The summed E-state index contributed by atoms with van der Waals surface area (Å²) >= 11 is 1.69. The van der Waals surface area contributed by atoms with Crippen molar-refractivity contribution in [2.75, 3.05) is 13.7 Å². The molecule has 35 heavy (non-hydrogen) atoms. The van der Waals surface area contributed by atoms with Crippen molar-refractivity contribution >= 4 is 29.2 Å². The molecule has 2 heterocycles. The molecule has 0 bridgehead atoms. The Labute approximate surface area is 210 Å². The number of rotatable bonds is 9. The molecule has 1 unspecified atom stereocenters. The summed E-state index contributed by atoms with van der Waals surface area (Å²) in [5, 5.41) is 5.78. The van der Waals surface area contributed by atoms with Gasteiger partial charge in [-0.15, -0.1) is 11.3 Å². The summed E-state index contributed by atoms with van der Waals surface area (Å²) in [7, 11) is 1.63. The van der Waals surface area contributed by atoms with Gasteiger partial charge >= 0.3 is 6.03 Å². The first-order valence-electron chi connectivity index (χ1n) is 12.1. The maximum absolute atomic E-state index is 13.1. The van der Waals surface area contributed by atoms with E-state index in [-0.39, 0.29) is 24.4 Å². The highest BCUT2D eigenvalue weighted by Crippen LogP contribution is 2.35. The van der Waals surface area contributed by atoms with Gasteiger partial charge in [0.15, 0.2) is 0 Å². The third-order valence-electron chi connectivity index (χ3n) is 7.12. The number of amides is 4. The first kappa shape index (κ1) is 25.2. The van der Waals surface area contributed by atoms with Crippen molar-refractivity contribution in [2.24, 2.45) is 5.92 Å². The van der Waals surface area contributed by atoms with Crippen LogP contribution in [0.15, 0.2) is 41.8 Å². The zero-order valence-electron chi connectivity index (χ0n) is 20.6. The fourth-order valence-electron chi connectivity index (χ4n) is 4.84. The van der Waals surface area contributed by atoms with Gasteiger partial charge in [-0.1, -0.05) is 25.1 Å². The molecule has 1 aliphatic heterocycles. The quantitative estimate of drug-likeness (QED) is 0.514. The smallest absolute Gasteiger partial charge is 0.344 e. The van der Waals surface area contributed by atoms with Crippen molar-refractivity contribution in [3.63, 3.8) is 0 Å². The number of imide groups is 1. The Morgan fingerprint density at radius 1 is 1.26 bits per heavy atom. The lowest BCUT2D eigenvalue weighted by molar-refractivity contribution is -0.140. The SMILES string of the molecule is COc1ccc(CN(CC(=O)NN2C(=O)NC3(CCC(C)CC3)C2=O)C(C)Cc2cccs2)cc1. The summed E-state index contributed by atoms with van der Waals surface area (Å²) in [4.78, 5) is 42.1. The Hall–Kier alpha value is -2.91. The molecule has 1 atom stereocenters. The number of benzene rings is 1. The Bertz CT molecular complexity index is 1030. The van der Waals surface area contributed by atoms with Crippen LogP contribution in [0.4, 0.5) is 4.79 Å². The molecule has 1 saturated heterocycles. The first-order chi connectivity index (χ1) is 16.8.